The minimum Gasteiger partial charge on any atom is -0.385 e. The number of rotatable bonds is 3. The van der Waals surface area contributed by atoms with Crippen molar-refractivity contribution in [1.29, 1.82) is 0 Å². The zero-order chi connectivity index (χ0) is 12.4. The third-order valence-corrected chi connectivity index (χ3v) is 3.54. The normalized spacial score (nSPS) is 15.6. The van der Waals surface area contributed by atoms with E-state index >= 15 is 0 Å². The fraction of sp³-hybridized carbons (Fsp3) is 0.533. The molecule has 1 heterocycles. The highest BCUT2D eigenvalue weighted by atomic mass is 14.9. The van der Waals surface area contributed by atoms with Gasteiger partial charge in [0.25, 0.3) is 0 Å². The number of anilines is 1. The zero-order valence-corrected chi connectivity index (χ0v) is 11.3. The first kappa shape index (κ1) is 12.2. The molecule has 0 unspecified atom stereocenters. The molecule has 2 heteroatoms. The van der Waals surface area contributed by atoms with Crippen LogP contribution in [0, 0.1) is 5.92 Å². The molecule has 0 aromatic heterocycles. The molecule has 0 atom stereocenters. The fourth-order valence-corrected chi connectivity index (χ4v) is 2.33. The van der Waals surface area contributed by atoms with Gasteiger partial charge < -0.3 is 5.32 Å². The van der Waals surface area contributed by atoms with E-state index in [2.05, 4.69) is 50.1 Å². The first-order chi connectivity index (χ1) is 8.15. The van der Waals surface area contributed by atoms with Gasteiger partial charge in [-0.3, -0.25) is 4.99 Å². The zero-order valence-electron chi connectivity index (χ0n) is 11.3. The summed E-state index contributed by atoms with van der Waals surface area (Å²) in [6, 6.07) is 4.44. The molecular formula is C15H22N2. The third kappa shape index (κ3) is 2.21. The van der Waals surface area contributed by atoms with Gasteiger partial charge in [0.1, 0.15) is 0 Å². The summed E-state index contributed by atoms with van der Waals surface area (Å²) in [5, 5.41) is 6.04. The molecule has 0 saturated carbocycles. The molecule has 2 nitrogen and oxygen atoms in total. The fourth-order valence-electron chi connectivity index (χ4n) is 2.33. The van der Waals surface area contributed by atoms with Gasteiger partial charge in [-0.1, -0.05) is 25.5 Å². The second-order valence-corrected chi connectivity index (χ2v) is 5.00. The lowest BCUT2D eigenvalue weighted by atomic mass is 9.99. The largest absolute Gasteiger partial charge is 0.385 e. The Kier molecular flexibility index (Phi) is 3.51. The second-order valence-electron chi connectivity index (χ2n) is 5.00. The van der Waals surface area contributed by atoms with Crippen LogP contribution in [0.1, 0.15) is 33.3 Å². The summed E-state index contributed by atoms with van der Waals surface area (Å²) in [4.78, 5) is 4.68. The molecule has 2 rings (SSSR count). The van der Waals surface area contributed by atoms with Gasteiger partial charge in [-0.2, -0.15) is 0 Å². The van der Waals surface area contributed by atoms with E-state index in [1.54, 1.807) is 0 Å². The van der Waals surface area contributed by atoms with E-state index in [1.807, 2.05) is 0 Å². The van der Waals surface area contributed by atoms with Crippen LogP contribution in [0.2, 0.25) is 0 Å². The average molecular weight is 230 g/mol. The predicted octanol–water partition coefficient (Wildman–Crippen LogP) is 2.12. The maximum atomic E-state index is 4.68. The number of nitrogens with one attached hydrogen (secondary N) is 1. The topological polar surface area (TPSA) is 24.4 Å². The molecule has 0 spiro atoms. The van der Waals surface area contributed by atoms with E-state index in [9.17, 15) is 0 Å². The summed E-state index contributed by atoms with van der Waals surface area (Å²) in [6.07, 6.45) is 1.10. The lowest BCUT2D eigenvalue weighted by Crippen LogP contribution is -2.32. The van der Waals surface area contributed by atoms with Crippen LogP contribution in [0.5, 0.6) is 0 Å². The summed E-state index contributed by atoms with van der Waals surface area (Å²) < 4.78 is 0. The standard InChI is InChI=1S/C15H22N2/c1-5-16-13-7-6-12-8-9-17-15(12)14(13)11(4)10(2)3/h6-7,10,16H,5,8-9H2,1-4H3/b14-11-. The van der Waals surface area contributed by atoms with Crippen LogP contribution in [-0.4, -0.2) is 13.1 Å². The van der Waals surface area contributed by atoms with Gasteiger partial charge in [0.15, 0.2) is 0 Å². The number of hydrogen-bond donors (Lipinski definition) is 1. The van der Waals surface area contributed by atoms with E-state index in [4.69, 9.17) is 0 Å². The van der Waals surface area contributed by atoms with Crippen molar-refractivity contribution >= 4 is 11.3 Å². The Morgan fingerprint density at radius 2 is 2.18 bits per heavy atom. The lowest BCUT2D eigenvalue weighted by Gasteiger charge is -2.11. The van der Waals surface area contributed by atoms with E-state index in [-0.39, 0.29) is 0 Å². The van der Waals surface area contributed by atoms with Crippen molar-refractivity contribution in [2.24, 2.45) is 10.9 Å². The molecule has 0 saturated heterocycles. The summed E-state index contributed by atoms with van der Waals surface area (Å²) >= 11 is 0. The highest BCUT2D eigenvalue weighted by molar-refractivity contribution is 5.57. The maximum absolute atomic E-state index is 4.68. The number of benzene rings is 1. The second kappa shape index (κ2) is 4.91. The molecular weight excluding hydrogens is 208 g/mol. The molecule has 1 aliphatic rings. The molecule has 17 heavy (non-hydrogen) atoms. The average Bonchev–Trinajstić information content (AvgIpc) is 2.76. The minimum absolute atomic E-state index is 0.565. The number of nitrogens with zero attached hydrogens (tertiary/aromatic N) is 1. The lowest BCUT2D eigenvalue weighted by molar-refractivity contribution is 0.839. The minimum atomic E-state index is 0.565. The Bertz CT molecular complexity index is 527. The van der Waals surface area contributed by atoms with Crippen LogP contribution in [0.25, 0.3) is 5.57 Å². The molecule has 0 radical (unpaired) electrons. The van der Waals surface area contributed by atoms with E-state index in [1.165, 1.54) is 27.4 Å². The molecule has 1 aromatic carbocycles. The van der Waals surface area contributed by atoms with E-state index in [0.717, 1.165) is 19.5 Å². The monoisotopic (exact) mass is 230 g/mol. The van der Waals surface area contributed by atoms with Crippen molar-refractivity contribution in [3.63, 3.8) is 0 Å². The first-order valence-corrected chi connectivity index (χ1v) is 6.56. The van der Waals surface area contributed by atoms with Gasteiger partial charge >= 0.3 is 0 Å². The molecule has 1 N–H and O–H groups in total. The van der Waals surface area contributed by atoms with Gasteiger partial charge in [0.2, 0.25) is 0 Å². The Morgan fingerprint density at radius 3 is 2.82 bits per heavy atom. The Balaban J connectivity index is 2.78. The van der Waals surface area contributed by atoms with Crippen molar-refractivity contribution < 1.29 is 0 Å². The third-order valence-electron chi connectivity index (χ3n) is 3.54. The van der Waals surface area contributed by atoms with Crippen molar-refractivity contribution in [3.05, 3.63) is 28.3 Å². The summed E-state index contributed by atoms with van der Waals surface area (Å²) in [6.45, 7) is 10.8. The van der Waals surface area contributed by atoms with Crippen LogP contribution in [0.3, 0.4) is 0 Å². The summed E-state index contributed by atoms with van der Waals surface area (Å²) in [7, 11) is 0. The van der Waals surface area contributed by atoms with Gasteiger partial charge in [-0.15, -0.1) is 0 Å². The summed E-state index contributed by atoms with van der Waals surface area (Å²) in [5.41, 5.74) is 4.08. The number of hydrogen-bond acceptors (Lipinski definition) is 2. The smallest absolute Gasteiger partial charge is 0.0699 e. The maximum Gasteiger partial charge on any atom is 0.0699 e. The van der Waals surface area contributed by atoms with Crippen LogP contribution >= 0.6 is 0 Å². The van der Waals surface area contributed by atoms with E-state index in [0.29, 0.717) is 5.92 Å². The van der Waals surface area contributed by atoms with Crippen molar-refractivity contribution in [1.82, 2.24) is 0 Å². The molecule has 1 aliphatic heterocycles. The first-order valence-electron chi connectivity index (χ1n) is 6.56. The van der Waals surface area contributed by atoms with Crippen LogP contribution in [-0.2, 0) is 6.42 Å². The Labute approximate surface area is 103 Å². The van der Waals surface area contributed by atoms with E-state index < -0.39 is 0 Å². The number of fused-ring (bicyclic) bond motifs is 1. The van der Waals surface area contributed by atoms with Gasteiger partial charge in [0, 0.05) is 24.0 Å². The Morgan fingerprint density at radius 1 is 1.41 bits per heavy atom. The SMILES string of the molecule is CCNc1ccc2c(/c1=C(/C)C(C)C)=NCC2. The summed E-state index contributed by atoms with van der Waals surface area (Å²) in [5.74, 6) is 0.565. The molecule has 92 valence electrons. The van der Waals surface area contributed by atoms with Crippen molar-refractivity contribution in [2.75, 3.05) is 18.4 Å². The quantitative estimate of drug-likeness (QED) is 0.845. The van der Waals surface area contributed by atoms with Gasteiger partial charge in [-0.05, 0) is 37.8 Å². The highest BCUT2D eigenvalue weighted by Crippen LogP contribution is 2.11. The van der Waals surface area contributed by atoms with Crippen LogP contribution < -0.4 is 15.9 Å². The van der Waals surface area contributed by atoms with Crippen LogP contribution in [0.4, 0.5) is 5.69 Å². The van der Waals surface area contributed by atoms with Crippen LogP contribution in [0.15, 0.2) is 17.1 Å². The van der Waals surface area contributed by atoms with Gasteiger partial charge in [0.05, 0.1) is 5.36 Å². The van der Waals surface area contributed by atoms with Crippen molar-refractivity contribution in [2.45, 2.75) is 34.1 Å². The molecule has 0 aliphatic carbocycles. The molecule has 0 fully saturated rings. The molecule has 0 amide bonds. The molecule has 1 aromatic rings. The Hall–Kier alpha value is -1.31. The molecule has 0 bridgehead atoms. The van der Waals surface area contributed by atoms with Gasteiger partial charge in [-0.25, -0.2) is 0 Å². The van der Waals surface area contributed by atoms with Crippen molar-refractivity contribution in [3.8, 4) is 0 Å². The highest BCUT2D eigenvalue weighted by Gasteiger charge is 2.11. The predicted molar refractivity (Wildman–Crippen MR) is 73.9 cm³/mol.